The standard InChI is InChI=1S/C15H18O.C14H16O/c1-15(2)9-13-11-6-4-3-5-10(11)7-8-12(13)14(15)16;1-9-8-13-11-5-3-2-4-10(11)6-7-12(13)14(9)15/h7-8H,3-6,9H2,1-2H3;6-7,9H,2-5,8H2,1H3. The van der Waals surface area contributed by atoms with Crippen molar-refractivity contribution in [3.8, 4) is 0 Å². The zero-order valence-corrected chi connectivity index (χ0v) is 19.3. The Morgan fingerprint density at radius 3 is 1.90 bits per heavy atom. The highest BCUT2D eigenvalue weighted by Gasteiger charge is 2.39. The molecular formula is C29H34O2. The Labute approximate surface area is 186 Å². The summed E-state index contributed by atoms with van der Waals surface area (Å²) < 4.78 is 0. The van der Waals surface area contributed by atoms with E-state index in [0.29, 0.717) is 11.6 Å². The first-order chi connectivity index (χ1) is 14.9. The fourth-order valence-corrected chi connectivity index (χ4v) is 6.24. The fraction of sp³-hybridized carbons (Fsp3) is 0.517. The number of hydrogen-bond acceptors (Lipinski definition) is 2. The van der Waals surface area contributed by atoms with E-state index in [1.54, 1.807) is 0 Å². The lowest BCUT2D eigenvalue weighted by Crippen LogP contribution is -2.18. The molecule has 0 N–H and O–H groups in total. The molecule has 6 rings (SSSR count). The van der Waals surface area contributed by atoms with Crippen LogP contribution in [0, 0.1) is 11.3 Å². The van der Waals surface area contributed by atoms with Crippen molar-refractivity contribution in [1.82, 2.24) is 0 Å². The Hall–Kier alpha value is -2.22. The van der Waals surface area contributed by atoms with Crippen LogP contribution in [0.15, 0.2) is 24.3 Å². The third-order valence-electron chi connectivity index (χ3n) is 8.00. The first kappa shape index (κ1) is 20.7. The molecular weight excluding hydrogens is 380 g/mol. The largest absolute Gasteiger partial charge is 0.294 e. The number of fused-ring (bicyclic) bond motifs is 6. The van der Waals surface area contributed by atoms with Gasteiger partial charge in [-0.2, -0.15) is 0 Å². The highest BCUT2D eigenvalue weighted by Crippen LogP contribution is 2.40. The third-order valence-corrected chi connectivity index (χ3v) is 8.00. The van der Waals surface area contributed by atoms with Crippen molar-refractivity contribution < 1.29 is 9.59 Å². The summed E-state index contributed by atoms with van der Waals surface area (Å²) in [4.78, 5) is 24.1. The summed E-state index contributed by atoms with van der Waals surface area (Å²) >= 11 is 0. The number of aryl methyl sites for hydroxylation is 2. The molecule has 0 aliphatic heterocycles. The molecule has 0 bridgehead atoms. The molecule has 2 nitrogen and oxygen atoms in total. The molecule has 1 unspecified atom stereocenters. The molecule has 0 amide bonds. The van der Waals surface area contributed by atoms with Crippen LogP contribution in [0.4, 0.5) is 0 Å². The van der Waals surface area contributed by atoms with Gasteiger partial charge in [0, 0.05) is 22.5 Å². The molecule has 0 spiro atoms. The first-order valence-electron chi connectivity index (χ1n) is 12.2. The third kappa shape index (κ3) is 3.49. The Balaban J connectivity index is 0.000000132. The van der Waals surface area contributed by atoms with E-state index in [0.717, 1.165) is 24.0 Å². The Morgan fingerprint density at radius 2 is 1.26 bits per heavy atom. The summed E-state index contributed by atoms with van der Waals surface area (Å²) in [6.07, 6.45) is 11.9. The molecule has 0 saturated carbocycles. The number of ketones is 2. The van der Waals surface area contributed by atoms with Crippen molar-refractivity contribution in [3.05, 3.63) is 68.8 Å². The molecule has 2 aromatic rings. The average molecular weight is 415 g/mol. The van der Waals surface area contributed by atoms with Crippen molar-refractivity contribution in [2.75, 3.05) is 0 Å². The number of carbonyl (C=O) groups is 2. The van der Waals surface area contributed by atoms with Crippen LogP contribution >= 0.6 is 0 Å². The lowest BCUT2D eigenvalue weighted by Gasteiger charge is -2.19. The summed E-state index contributed by atoms with van der Waals surface area (Å²) in [6.45, 7) is 6.20. The predicted octanol–water partition coefficient (Wildman–Crippen LogP) is 6.27. The lowest BCUT2D eigenvalue weighted by molar-refractivity contribution is 0.0863. The average Bonchev–Trinajstić information content (AvgIpc) is 3.21. The fourth-order valence-electron chi connectivity index (χ4n) is 6.24. The second-order valence-electron chi connectivity index (χ2n) is 10.7. The van der Waals surface area contributed by atoms with Gasteiger partial charge in [0.15, 0.2) is 11.6 Å². The van der Waals surface area contributed by atoms with Crippen LogP contribution in [0.5, 0.6) is 0 Å². The molecule has 162 valence electrons. The summed E-state index contributed by atoms with van der Waals surface area (Å²) in [7, 11) is 0. The zero-order valence-electron chi connectivity index (χ0n) is 19.3. The van der Waals surface area contributed by atoms with E-state index in [9.17, 15) is 9.59 Å². The molecule has 0 fully saturated rings. The van der Waals surface area contributed by atoms with Gasteiger partial charge in [0.2, 0.25) is 0 Å². The topological polar surface area (TPSA) is 34.1 Å². The molecule has 0 heterocycles. The van der Waals surface area contributed by atoms with Crippen molar-refractivity contribution in [2.45, 2.75) is 85.0 Å². The molecule has 2 aromatic carbocycles. The lowest BCUT2D eigenvalue weighted by atomic mass is 9.85. The second-order valence-corrected chi connectivity index (χ2v) is 10.7. The highest BCUT2D eigenvalue weighted by atomic mass is 16.1. The molecule has 31 heavy (non-hydrogen) atoms. The second kappa shape index (κ2) is 7.73. The maximum absolute atomic E-state index is 12.2. The van der Waals surface area contributed by atoms with Crippen LogP contribution in [-0.2, 0) is 38.5 Å². The van der Waals surface area contributed by atoms with Gasteiger partial charge in [0.25, 0.3) is 0 Å². The number of carbonyl (C=O) groups excluding carboxylic acids is 2. The first-order valence-corrected chi connectivity index (χ1v) is 12.2. The van der Waals surface area contributed by atoms with E-state index >= 15 is 0 Å². The highest BCUT2D eigenvalue weighted by molar-refractivity contribution is 6.05. The van der Waals surface area contributed by atoms with E-state index in [1.807, 2.05) is 0 Å². The Kier molecular flexibility index (Phi) is 5.15. The smallest absolute Gasteiger partial charge is 0.169 e. The van der Waals surface area contributed by atoms with E-state index in [-0.39, 0.29) is 11.3 Å². The predicted molar refractivity (Wildman–Crippen MR) is 125 cm³/mol. The monoisotopic (exact) mass is 414 g/mol. The van der Waals surface area contributed by atoms with Gasteiger partial charge < -0.3 is 0 Å². The van der Waals surface area contributed by atoms with Crippen molar-refractivity contribution in [2.24, 2.45) is 11.3 Å². The quantitative estimate of drug-likeness (QED) is 0.509. The van der Waals surface area contributed by atoms with Crippen LogP contribution in [0.25, 0.3) is 0 Å². The van der Waals surface area contributed by atoms with Gasteiger partial charge in [-0.15, -0.1) is 0 Å². The number of Topliss-reactive ketones (excluding diaryl/α,β-unsaturated/α-hetero) is 2. The molecule has 2 heteroatoms. The van der Waals surface area contributed by atoms with Crippen LogP contribution < -0.4 is 0 Å². The molecule has 1 atom stereocenters. The van der Waals surface area contributed by atoms with Gasteiger partial charge in [-0.1, -0.05) is 45.0 Å². The molecule has 0 saturated heterocycles. The Bertz CT molecular complexity index is 1070. The number of rotatable bonds is 0. The van der Waals surface area contributed by atoms with E-state index in [2.05, 4.69) is 45.0 Å². The molecule has 0 radical (unpaired) electrons. The SMILES string of the molecule is CC1(C)Cc2c(ccc3c2CCCC3)C1=O.CC1Cc2c(ccc3c2CCCC3)C1=O. The van der Waals surface area contributed by atoms with Crippen molar-refractivity contribution in [1.29, 1.82) is 0 Å². The maximum Gasteiger partial charge on any atom is 0.169 e. The Morgan fingerprint density at radius 1 is 0.710 bits per heavy atom. The van der Waals surface area contributed by atoms with Gasteiger partial charge in [-0.25, -0.2) is 0 Å². The van der Waals surface area contributed by atoms with E-state index in [1.165, 1.54) is 84.7 Å². The normalized spacial score (nSPS) is 22.7. The van der Waals surface area contributed by atoms with Gasteiger partial charge in [-0.3, -0.25) is 9.59 Å². The van der Waals surface area contributed by atoms with Gasteiger partial charge in [0.1, 0.15) is 0 Å². The van der Waals surface area contributed by atoms with Crippen LogP contribution in [0.2, 0.25) is 0 Å². The molecule has 0 aromatic heterocycles. The molecule has 4 aliphatic rings. The molecule has 4 aliphatic carbocycles. The van der Waals surface area contributed by atoms with Gasteiger partial charge >= 0.3 is 0 Å². The van der Waals surface area contributed by atoms with E-state index in [4.69, 9.17) is 0 Å². The number of benzene rings is 2. The zero-order chi connectivity index (χ0) is 21.8. The summed E-state index contributed by atoms with van der Waals surface area (Å²) in [5, 5.41) is 0. The summed E-state index contributed by atoms with van der Waals surface area (Å²) in [6, 6.07) is 8.50. The minimum Gasteiger partial charge on any atom is -0.294 e. The van der Waals surface area contributed by atoms with Crippen LogP contribution in [-0.4, -0.2) is 11.6 Å². The van der Waals surface area contributed by atoms with Crippen molar-refractivity contribution in [3.63, 3.8) is 0 Å². The van der Waals surface area contributed by atoms with Crippen LogP contribution in [0.1, 0.15) is 101 Å². The van der Waals surface area contributed by atoms with E-state index < -0.39 is 0 Å². The minimum absolute atomic E-state index is 0.172. The van der Waals surface area contributed by atoms with Gasteiger partial charge in [-0.05, 0) is 97.6 Å². The van der Waals surface area contributed by atoms with Gasteiger partial charge in [0.05, 0.1) is 0 Å². The maximum atomic E-state index is 12.2. The summed E-state index contributed by atoms with van der Waals surface area (Å²) in [5.41, 5.74) is 10.6. The minimum atomic E-state index is -0.172. The van der Waals surface area contributed by atoms with Crippen molar-refractivity contribution >= 4 is 11.6 Å². The number of hydrogen-bond donors (Lipinski definition) is 0. The summed E-state index contributed by atoms with van der Waals surface area (Å²) in [5.74, 6) is 0.919. The van der Waals surface area contributed by atoms with Crippen LogP contribution in [0.3, 0.4) is 0 Å².